The highest BCUT2D eigenvalue weighted by molar-refractivity contribution is 5.93. The van der Waals surface area contributed by atoms with Crippen molar-refractivity contribution in [2.24, 2.45) is 0 Å². The minimum absolute atomic E-state index is 0.00299. The highest BCUT2D eigenvalue weighted by Gasteiger charge is 2.54. The van der Waals surface area contributed by atoms with Gasteiger partial charge < -0.3 is 9.47 Å². The molecule has 6 nitrogen and oxygen atoms in total. The van der Waals surface area contributed by atoms with Crippen molar-refractivity contribution < 1.29 is 19.1 Å². The summed E-state index contributed by atoms with van der Waals surface area (Å²) in [5, 5.41) is 3.17. The van der Waals surface area contributed by atoms with Gasteiger partial charge in [0, 0.05) is 13.1 Å². The van der Waals surface area contributed by atoms with E-state index in [0.29, 0.717) is 18.8 Å². The van der Waals surface area contributed by atoms with Crippen molar-refractivity contribution in [1.29, 1.82) is 0 Å². The third kappa shape index (κ3) is 3.42. The SMILES string of the molecule is COc1ccc(C2(C(=O)N3CCCN3C(=O)COc3ccccc3)CC2)cc1. The predicted octanol–water partition coefficient (Wildman–Crippen LogP) is 2.78. The van der Waals surface area contributed by atoms with Gasteiger partial charge in [-0.15, -0.1) is 0 Å². The Morgan fingerprint density at radius 2 is 1.61 bits per heavy atom. The number of para-hydroxylation sites is 1. The van der Waals surface area contributed by atoms with Gasteiger partial charge in [0.15, 0.2) is 6.61 Å². The number of amides is 2. The van der Waals surface area contributed by atoms with E-state index in [2.05, 4.69) is 0 Å². The third-order valence-electron chi connectivity index (χ3n) is 5.46. The molecule has 0 radical (unpaired) electrons. The molecule has 2 amide bonds. The Balaban J connectivity index is 1.45. The van der Waals surface area contributed by atoms with E-state index in [-0.39, 0.29) is 18.4 Å². The molecule has 0 bridgehead atoms. The van der Waals surface area contributed by atoms with Crippen LogP contribution in [0.25, 0.3) is 0 Å². The van der Waals surface area contributed by atoms with Crippen LogP contribution in [0.15, 0.2) is 54.6 Å². The van der Waals surface area contributed by atoms with Crippen LogP contribution in [0.4, 0.5) is 0 Å². The van der Waals surface area contributed by atoms with Crippen molar-refractivity contribution in [1.82, 2.24) is 10.0 Å². The van der Waals surface area contributed by atoms with E-state index in [0.717, 1.165) is 30.6 Å². The number of hydrogen-bond acceptors (Lipinski definition) is 4. The van der Waals surface area contributed by atoms with Gasteiger partial charge in [-0.3, -0.25) is 14.6 Å². The van der Waals surface area contributed by atoms with E-state index < -0.39 is 5.41 Å². The second kappa shape index (κ2) is 7.54. The molecular formula is C22H24N2O4. The van der Waals surface area contributed by atoms with E-state index in [1.165, 1.54) is 0 Å². The number of carbonyl (C=O) groups is 2. The first-order valence-corrected chi connectivity index (χ1v) is 9.59. The van der Waals surface area contributed by atoms with E-state index in [9.17, 15) is 9.59 Å². The van der Waals surface area contributed by atoms with Crippen molar-refractivity contribution >= 4 is 11.8 Å². The molecule has 0 N–H and O–H groups in total. The Morgan fingerprint density at radius 1 is 0.929 bits per heavy atom. The van der Waals surface area contributed by atoms with E-state index >= 15 is 0 Å². The molecule has 2 aliphatic rings. The summed E-state index contributed by atoms with van der Waals surface area (Å²) < 4.78 is 10.8. The smallest absolute Gasteiger partial charge is 0.279 e. The summed E-state index contributed by atoms with van der Waals surface area (Å²) >= 11 is 0. The van der Waals surface area contributed by atoms with Crippen molar-refractivity contribution in [2.45, 2.75) is 24.7 Å². The quantitative estimate of drug-likeness (QED) is 0.773. The Labute approximate surface area is 164 Å². The van der Waals surface area contributed by atoms with Crippen LogP contribution in [0, 0.1) is 0 Å². The second-order valence-electron chi connectivity index (χ2n) is 7.21. The van der Waals surface area contributed by atoms with Crippen LogP contribution >= 0.6 is 0 Å². The minimum Gasteiger partial charge on any atom is -0.497 e. The van der Waals surface area contributed by atoms with Crippen LogP contribution in [0.5, 0.6) is 11.5 Å². The molecule has 4 rings (SSSR count). The van der Waals surface area contributed by atoms with Crippen LogP contribution in [0.1, 0.15) is 24.8 Å². The van der Waals surface area contributed by atoms with Gasteiger partial charge in [-0.05, 0) is 49.1 Å². The van der Waals surface area contributed by atoms with Gasteiger partial charge in [-0.25, -0.2) is 5.01 Å². The number of hydrazine groups is 1. The summed E-state index contributed by atoms with van der Waals surface area (Å²) in [6.07, 6.45) is 2.38. The lowest BCUT2D eigenvalue weighted by Gasteiger charge is -2.31. The molecule has 1 saturated carbocycles. The average Bonchev–Trinajstić information content (AvgIpc) is 3.41. The first kappa shape index (κ1) is 18.3. The summed E-state index contributed by atoms with van der Waals surface area (Å²) in [5.41, 5.74) is 0.466. The van der Waals surface area contributed by atoms with E-state index in [4.69, 9.17) is 9.47 Å². The largest absolute Gasteiger partial charge is 0.497 e. The number of rotatable bonds is 6. The summed E-state index contributed by atoms with van der Waals surface area (Å²) in [4.78, 5) is 26.0. The van der Waals surface area contributed by atoms with E-state index in [1.807, 2.05) is 54.6 Å². The lowest BCUT2D eigenvalue weighted by Crippen LogP contribution is -2.50. The molecular weight excluding hydrogens is 356 g/mol. The van der Waals surface area contributed by atoms with Crippen LogP contribution in [-0.2, 0) is 15.0 Å². The van der Waals surface area contributed by atoms with Gasteiger partial charge in [0.2, 0.25) is 0 Å². The third-order valence-corrected chi connectivity index (χ3v) is 5.46. The van der Waals surface area contributed by atoms with Gasteiger partial charge in [0.05, 0.1) is 12.5 Å². The zero-order valence-corrected chi connectivity index (χ0v) is 16.0. The van der Waals surface area contributed by atoms with Crippen molar-refractivity contribution in [3.63, 3.8) is 0 Å². The van der Waals surface area contributed by atoms with Crippen molar-refractivity contribution in [3.8, 4) is 11.5 Å². The van der Waals surface area contributed by atoms with Gasteiger partial charge >= 0.3 is 0 Å². The summed E-state index contributed by atoms with van der Waals surface area (Å²) in [7, 11) is 1.62. The van der Waals surface area contributed by atoms with Crippen molar-refractivity contribution in [2.75, 3.05) is 26.8 Å². The Morgan fingerprint density at radius 3 is 2.25 bits per heavy atom. The molecule has 0 spiro atoms. The van der Waals surface area contributed by atoms with Crippen LogP contribution in [0.3, 0.4) is 0 Å². The van der Waals surface area contributed by atoms with Gasteiger partial charge in [0.25, 0.3) is 11.8 Å². The highest BCUT2D eigenvalue weighted by Crippen LogP contribution is 2.50. The van der Waals surface area contributed by atoms with Gasteiger partial charge in [-0.2, -0.15) is 0 Å². The first-order valence-electron chi connectivity index (χ1n) is 9.59. The fraction of sp³-hybridized carbons (Fsp3) is 0.364. The number of methoxy groups -OCH3 is 1. The van der Waals surface area contributed by atoms with Gasteiger partial charge in [0.1, 0.15) is 11.5 Å². The number of benzene rings is 2. The molecule has 0 unspecified atom stereocenters. The first-order chi connectivity index (χ1) is 13.6. The Bertz CT molecular complexity index is 847. The van der Waals surface area contributed by atoms with Crippen LogP contribution in [-0.4, -0.2) is 48.6 Å². The maximum absolute atomic E-state index is 13.3. The fourth-order valence-corrected chi connectivity index (χ4v) is 3.73. The molecule has 1 aliphatic carbocycles. The number of nitrogens with zero attached hydrogens (tertiary/aromatic N) is 2. The zero-order valence-electron chi connectivity index (χ0n) is 16.0. The fourth-order valence-electron chi connectivity index (χ4n) is 3.73. The molecule has 0 aromatic heterocycles. The monoisotopic (exact) mass is 380 g/mol. The maximum atomic E-state index is 13.3. The molecule has 2 aromatic rings. The molecule has 1 saturated heterocycles. The average molecular weight is 380 g/mol. The zero-order chi connectivity index (χ0) is 19.6. The molecule has 1 aliphatic heterocycles. The number of ether oxygens (including phenoxy) is 2. The highest BCUT2D eigenvalue weighted by atomic mass is 16.5. The molecule has 146 valence electrons. The summed E-state index contributed by atoms with van der Waals surface area (Å²) in [5.74, 6) is 1.22. The van der Waals surface area contributed by atoms with Crippen LogP contribution in [0.2, 0.25) is 0 Å². The lowest BCUT2D eigenvalue weighted by molar-refractivity contribution is -0.160. The van der Waals surface area contributed by atoms with Crippen molar-refractivity contribution in [3.05, 3.63) is 60.2 Å². The summed E-state index contributed by atoms with van der Waals surface area (Å²) in [6, 6.07) is 16.9. The topological polar surface area (TPSA) is 59.1 Å². The second-order valence-corrected chi connectivity index (χ2v) is 7.21. The number of carbonyl (C=O) groups excluding carboxylic acids is 2. The molecule has 1 heterocycles. The van der Waals surface area contributed by atoms with Crippen LogP contribution < -0.4 is 9.47 Å². The van der Waals surface area contributed by atoms with E-state index in [1.54, 1.807) is 17.1 Å². The number of hydrogen-bond donors (Lipinski definition) is 0. The molecule has 6 heteroatoms. The van der Waals surface area contributed by atoms with Gasteiger partial charge in [-0.1, -0.05) is 30.3 Å². The normalized spacial score (nSPS) is 17.3. The summed E-state index contributed by atoms with van der Waals surface area (Å²) in [6.45, 7) is 1.03. The Hall–Kier alpha value is -3.02. The lowest BCUT2D eigenvalue weighted by atomic mass is 9.94. The molecule has 2 aromatic carbocycles. The standard InChI is InChI=1S/C22H24N2O4/c1-27-18-10-8-17(9-11-18)22(12-13-22)21(26)24-15-5-14-23(24)20(25)16-28-19-6-3-2-4-7-19/h2-4,6-11H,5,12-16H2,1H3. The minimum atomic E-state index is -0.518. The molecule has 28 heavy (non-hydrogen) atoms. The predicted molar refractivity (Wildman–Crippen MR) is 104 cm³/mol. The molecule has 2 fully saturated rings. The Kier molecular flexibility index (Phi) is 4.94. The molecule has 0 atom stereocenters. The maximum Gasteiger partial charge on any atom is 0.279 e.